The number of anilines is 1. The second-order valence-electron chi connectivity index (χ2n) is 11.9. The van der Waals surface area contributed by atoms with Crippen molar-refractivity contribution >= 4 is 40.2 Å². The molecule has 4 aromatic rings. The topological polar surface area (TPSA) is 155 Å². The summed E-state index contributed by atoms with van der Waals surface area (Å²) in [4.78, 5) is 55.4. The number of nitrogens with zero attached hydrogens (tertiary/aromatic N) is 6. The zero-order valence-electron chi connectivity index (χ0n) is 26.6. The molecule has 1 atom stereocenters. The number of rotatable bonds is 9. The summed E-state index contributed by atoms with van der Waals surface area (Å²) in [6.07, 6.45) is 1.15. The molecular weight excluding hydrogens is 665 g/mol. The highest BCUT2D eigenvalue weighted by Gasteiger charge is 2.34. The fourth-order valence-corrected chi connectivity index (χ4v) is 7.02. The molecule has 2 amide bonds. The van der Waals surface area contributed by atoms with Gasteiger partial charge in [-0.2, -0.15) is 13.2 Å². The third kappa shape index (κ3) is 7.74. The number of urea groups is 1. The van der Waals surface area contributed by atoms with Crippen molar-refractivity contribution in [1.29, 1.82) is 0 Å². The fourth-order valence-electron chi connectivity index (χ4n) is 6.16. The summed E-state index contributed by atoms with van der Waals surface area (Å²) in [6.45, 7) is 8.52. The largest absolute Gasteiger partial charge is 0.477 e. The van der Waals surface area contributed by atoms with E-state index in [-0.39, 0.29) is 33.4 Å². The molecule has 6 heterocycles. The van der Waals surface area contributed by atoms with Crippen LogP contribution in [0.5, 0.6) is 0 Å². The van der Waals surface area contributed by atoms with Crippen LogP contribution < -0.4 is 16.1 Å². The van der Waals surface area contributed by atoms with Crippen molar-refractivity contribution in [2.24, 2.45) is 0 Å². The number of aromatic carboxylic acids is 1. The smallest absolute Gasteiger partial charge is 0.434 e. The number of piperidine rings is 1. The average molecular weight is 701 g/mol. The number of carbonyl (C=O) groups is 2. The van der Waals surface area contributed by atoms with Gasteiger partial charge in [-0.25, -0.2) is 24.5 Å². The van der Waals surface area contributed by atoms with Crippen molar-refractivity contribution in [3.8, 4) is 21.7 Å². The number of aromatic nitrogens is 4. The quantitative estimate of drug-likeness (QED) is 0.229. The number of ether oxygens (including phenoxy) is 1. The van der Waals surface area contributed by atoms with Crippen LogP contribution in [-0.4, -0.2) is 105 Å². The van der Waals surface area contributed by atoms with E-state index >= 15 is 0 Å². The Balaban J connectivity index is 1.39. The lowest BCUT2D eigenvalue weighted by atomic mass is 10.0. The van der Waals surface area contributed by atoms with E-state index in [0.717, 1.165) is 62.3 Å². The van der Waals surface area contributed by atoms with Crippen molar-refractivity contribution < 1.29 is 32.6 Å². The van der Waals surface area contributed by atoms with Gasteiger partial charge in [0.15, 0.2) is 5.69 Å². The number of halogens is 3. The van der Waals surface area contributed by atoms with Gasteiger partial charge < -0.3 is 24.6 Å². The average Bonchev–Trinajstić information content (AvgIpc) is 3.60. The minimum atomic E-state index is -4.68. The zero-order valence-corrected chi connectivity index (χ0v) is 27.4. The van der Waals surface area contributed by atoms with E-state index in [9.17, 15) is 32.7 Å². The molecule has 49 heavy (non-hydrogen) atoms. The first kappa shape index (κ1) is 34.4. The number of nitrogens with one attached hydrogen (secondary N) is 2. The minimum absolute atomic E-state index is 0.000143. The molecule has 13 nitrogen and oxygen atoms in total. The Bertz CT molecular complexity index is 1910. The first-order valence-electron chi connectivity index (χ1n) is 15.9. The SMILES string of the molecule is CCNC(=O)Nc1cc(-c2nc(C(F)(F)F)cs2)c(-c2cnc3c(c2)c(=O)c(C(=O)O)cn3[C@H]2CCCN(CCN3CCOCC3)C2)cn1. The van der Waals surface area contributed by atoms with Crippen molar-refractivity contribution in [2.45, 2.75) is 32.0 Å². The minimum Gasteiger partial charge on any atom is -0.477 e. The van der Waals surface area contributed by atoms with Gasteiger partial charge in [-0.05, 0) is 38.4 Å². The third-order valence-electron chi connectivity index (χ3n) is 8.63. The second kappa shape index (κ2) is 14.6. The van der Waals surface area contributed by atoms with E-state index < -0.39 is 34.9 Å². The van der Waals surface area contributed by atoms with Gasteiger partial charge in [0, 0.05) is 86.0 Å². The van der Waals surface area contributed by atoms with E-state index in [1.807, 2.05) is 0 Å². The van der Waals surface area contributed by atoms with Crippen LogP contribution in [-0.2, 0) is 10.9 Å². The third-order valence-corrected chi connectivity index (χ3v) is 9.50. The van der Waals surface area contributed by atoms with Gasteiger partial charge in [0.25, 0.3) is 0 Å². The first-order valence-corrected chi connectivity index (χ1v) is 16.8. The Labute approximate surface area is 282 Å². The van der Waals surface area contributed by atoms with E-state index in [2.05, 4.69) is 35.4 Å². The van der Waals surface area contributed by atoms with Crippen LogP contribution in [0.3, 0.4) is 0 Å². The van der Waals surface area contributed by atoms with Gasteiger partial charge in [-0.1, -0.05) is 0 Å². The predicted octanol–water partition coefficient (Wildman–Crippen LogP) is 4.41. The molecule has 0 saturated carbocycles. The molecule has 0 aromatic carbocycles. The van der Waals surface area contributed by atoms with Crippen molar-refractivity contribution in [3.05, 3.63) is 57.6 Å². The predicted molar refractivity (Wildman–Crippen MR) is 177 cm³/mol. The Morgan fingerprint density at radius 3 is 2.57 bits per heavy atom. The normalized spacial score (nSPS) is 17.7. The molecule has 6 rings (SSSR count). The molecule has 2 fully saturated rings. The molecule has 0 bridgehead atoms. The molecule has 2 saturated heterocycles. The Morgan fingerprint density at radius 2 is 1.86 bits per heavy atom. The van der Waals surface area contributed by atoms with E-state index in [1.54, 1.807) is 11.5 Å². The monoisotopic (exact) mass is 700 g/mol. The van der Waals surface area contributed by atoms with Gasteiger partial charge >= 0.3 is 18.2 Å². The van der Waals surface area contributed by atoms with E-state index in [4.69, 9.17) is 4.74 Å². The lowest BCUT2D eigenvalue weighted by Gasteiger charge is -2.36. The summed E-state index contributed by atoms with van der Waals surface area (Å²) >= 11 is 0.759. The Morgan fingerprint density at radius 1 is 1.08 bits per heavy atom. The number of amides is 2. The Hall–Kier alpha value is -4.45. The van der Waals surface area contributed by atoms with Gasteiger partial charge in [0.05, 0.1) is 18.6 Å². The van der Waals surface area contributed by atoms with Crippen LogP contribution in [0.2, 0.25) is 0 Å². The van der Waals surface area contributed by atoms with Gasteiger partial charge in [-0.3, -0.25) is 15.0 Å². The standard InChI is InChI=1S/C32H35F3N8O5S/c1-2-36-31(47)40-26-13-21(29-39-25(18-49-29)32(33,34)35)23(15-37-26)19-12-22-27(44)24(30(45)46)17-43(28(22)38-14-19)20-4-3-5-42(16-20)7-6-41-8-10-48-11-9-41/h12-15,17-18,20H,2-11,16H2,1H3,(H,45,46)(H2,36,37,40,47)/t20-/m0/s1. The maximum absolute atomic E-state index is 13.6. The number of carboxylic acids is 1. The van der Waals surface area contributed by atoms with Crippen LogP contribution in [0.15, 0.2) is 40.9 Å². The molecular formula is C32H35F3N8O5S. The molecule has 4 aromatic heterocycles. The lowest BCUT2D eigenvalue weighted by Crippen LogP contribution is -2.44. The molecule has 260 valence electrons. The highest BCUT2D eigenvalue weighted by molar-refractivity contribution is 7.13. The van der Waals surface area contributed by atoms with E-state index in [1.165, 1.54) is 30.7 Å². The van der Waals surface area contributed by atoms with Gasteiger partial charge in [0.1, 0.15) is 22.0 Å². The zero-order chi connectivity index (χ0) is 34.7. The molecule has 0 radical (unpaired) electrons. The first-order chi connectivity index (χ1) is 23.5. The van der Waals surface area contributed by atoms with Crippen LogP contribution >= 0.6 is 11.3 Å². The number of hydrogen-bond acceptors (Lipinski definition) is 10. The van der Waals surface area contributed by atoms with E-state index in [0.29, 0.717) is 37.5 Å². The molecule has 2 aliphatic rings. The number of thiazole rings is 1. The molecule has 0 aliphatic carbocycles. The highest BCUT2D eigenvalue weighted by Crippen LogP contribution is 2.39. The number of alkyl halides is 3. The molecule has 0 unspecified atom stereocenters. The van der Waals surface area contributed by atoms with Crippen molar-refractivity contribution in [3.63, 3.8) is 0 Å². The number of fused-ring (bicyclic) bond motifs is 1. The highest BCUT2D eigenvalue weighted by atomic mass is 32.1. The molecule has 3 N–H and O–H groups in total. The fraction of sp³-hybridized carbons (Fsp3) is 0.438. The van der Waals surface area contributed by atoms with Gasteiger partial charge in [0.2, 0.25) is 5.43 Å². The van der Waals surface area contributed by atoms with Gasteiger partial charge in [-0.15, -0.1) is 11.3 Å². The number of likely N-dealkylation sites (tertiary alicyclic amines) is 1. The lowest BCUT2D eigenvalue weighted by molar-refractivity contribution is -0.140. The summed E-state index contributed by atoms with van der Waals surface area (Å²) in [5.41, 5.74) is -1.11. The summed E-state index contributed by atoms with van der Waals surface area (Å²) < 4.78 is 47.7. The molecule has 0 spiro atoms. The number of carboxylic acid groups (broad SMARTS) is 1. The van der Waals surface area contributed by atoms with Crippen LogP contribution in [0.4, 0.5) is 23.8 Å². The maximum atomic E-state index is 13.6. The molecule has 2 aliphatic heterocycles. The Kier molecular flexibility index (Phi) is 10.2. The summed E-state index contributed by atoms with van der Waals surface area (Å²) in [7, 11) is 0. The second-order valence-corrected chi connectivity index (χ2v) is 12.7. The summed E-state index contributed by atoms with van der Waals surface area (Å²) in [6, 6.07) is 2.18. The van der Waals surface area contributed by atoms with Crippen LogP contribution in [0.25, 0.3) is 32.7 Å². The van der Waals surface area contributed by atoms with Crippen molar-refractivity contribution in [2.75, 3.05) is 64.3 Å². The number of morpholine rings is 1. The van der Waals surface area contributed by atoms with Crippen LogP contribution in [0, 0.1) is 0 Å². The number of pyridine rings is 3. The summed E-state index contributed by atoms with van der Waals surface area (Å²) in [5, 5.41) is 16.1. The maximum Gasteiger partial charge on any atom is 0.434 e. The number of carbonyl (C=O) groups excluding carboxylic acids is 1. The van der Waals surface area contributed by atoms with Crippen LogP contribution in [0.1, 0.15) is 41.9 Å². The number of hydrogen-bond donors (Lipinski definition) is 3. The summed E-state index contributed by atoms with van der Waals surface area (Å²) in [5.74, 6) is -1.31. The van der Waals surface area contributed by atoms with Crippen molar-refractivity contribution in [1.82, 2.24) is 34.6 Å². The molecule has 17 heteroatoms.